The molecule has 0 atom stereocenters. The van der Waals surface area contributed by atoms with Crippen LogP contribution in [-0.2, 0) is 11.2 Å². The molecule has 0 fully saturated rings. The summed E-state index contributed by atoms with van der Waals surface area (Å²) < 4.78 is 1.70. The molecule has 3 aromatic rings. The maximum Gasteiger partial charge on any atom is 0.303 e. The van der Waals surface area contributed by atoms with Crippen LogP contribution in [0.3, 0.4) is 0 Å². The zero-order valence-electron chi connectivity index (χ0n) is 9.95. The molecule has 19 heavy (non-hydrogen) atoms. The van der Waals surface area contributed by atoms with E-state index in [-0.39, 0.29) is 6.42 Å². The van der Waals surface area contributed by atoms with E-state index in [2.05, 4.69) is 20.2 Å². The van der Waals surface area contributed by atoms with Gasteiger partial charge < -0.3 is 10.1 Å². The predicted octanol–water partition coefficient (Wildman–Crippen LogP) is 1.16. The van der Waals surface area contributed by atoms with Crippen LogP contribution >= 0.6 is 0 Å². The molecule has 0 aliphatic carbocycles. The van der Waals surface area contributed by atoms with Crippen molar-refractivity contribution in [2.75, 3.05) is 0 Å². The van der Waals surface area contributed by atoms with Crippen LogP contribution in [0.2, 0.25) is 0 Å². The van der Waals surface area contributed by atoms with Gasteiger partial charge >= 0.3 is 5.97 Å². The minimum Gasteiger partial charge on any atom is -0.481 e. The molecule has 0 saturated heterocycles. The van der Waals surface area contributed by atoms with Crippen molar-refractivity contribution in [3.8, 4) is 5.82 Å². The first kappa shape index (κ1) is 11.4. The summed E-state index contributed by atoms with van der Waals surface area (Å²) in [7, 11) is 0. The number of H-pyrrole nitrogens is 1. The lowest BCUT2D eigenvalue weighted by atomic mass is 10.1. The summed E-state index contributed by atoms with van der Waals surface area (Å²) in [4.78, 5) is 18.0. The molecule has 0 aliphatic rings. The van der Waals surface area contributed by atoms with Gasteiger partial charge in [0, 0.05) is 18.0 Å². The Morgan fingerprint density at radius 3 is 2.89 bits per heavy atom. The van der Waals surface area contributed by atoms with Crippen LogP contribution in [0.25, 0.3) is 16.7 Å². The number of pyridine rings is 1. The number of carboxylic acid groups (broad SMARTS) is 1. The molecule has 0 unspecified atom stereocenters. The van der Waals surface area contributed by atoms with Crippen LogP contribution in [0, 0.1) is 0 Å². The number of carboxylic acids is 1. The Balaban J connectivity index is 2.00. The van der Waals surface area contributed by atoms with Gasteiger partial charge in [0.1, 0.15) is 18.5 Å². The number of aromatic nitrogens is 5. The van der Waals surface area contributed by atoms with E-state index in [1.165, 1.54) is 0 Å². The van der Waals surface area contributed by atoms with Crippen molar-refractivity contribution in [3.63, 3.8) is 0 Å². The number of hydrogen-bond donors (Lipinski definition) is 2. The van der Waals surface area contributed by atoms with Crippen molar-refractivity contribution in [1.82, 2.24) is 24.7 Å². The third-order valence-corrected chi connectivity index (χ3v) is 2.93. The van der Waals surface area contributed by atoms with Gasteiger partial charge in [-0.25, -0.2) is 4.98 Å². The predicted molar refractivity (Wildman–Crippen MR) is 67.0 cm³/mol. The number of hydrogen-bond acceptors (Lipinski definition) is 4. The highest BCUT2D eigenvalue weighted by Crippen LogP contribution is 2.21. The Hall–Kier alpha value is -2.70. The number of aliphatic carboxylic acids is 1. The first-order valence-electron chi connectivity index (χ1n) is 5.77. The van der Waals surface area contributed by atoms with Gasteiger partial charge in [-0.15, -0.1) is 10.2 Å². The molecular weight excluding hydrogens is 246 g/mol. The second-order valence-electron chi connectivity index (χ2n) is 4.16. The van der Waals surface area contributed by atoms with Crippen LogP contribution in [-0.4, -0.2) is 35.8 Å². The number of fused-ring (bicyclic) bond motifs is 1. The van der Waals surface area contributed by atoms with E-state index in [1.54, 1.807) is 23.4 Å². The molecule has 0 aliphatic heterocycles. The third-order valence-electron chi connectivity index (χ3n) is 2.93. The molecule has 0 aromatic carbocycles. The van der Waals surface area contributed by atoms with E-state index in [9.17, 15) is 4.79 Å². The normalized spacial score (nSPS) is 10.9. The molecule has 0 spiro atoms. The fourth-order valence-electron chi connectivity index (χ4n) is 1.98. The van der Waals surface area contributed by atoms with Gasteiger partial charge in [-0.3, -0.25) is 9.36 Å². The van der Waals surface area contributed by atoms with Crippen LogP contribution in [0.4, 0.5) is 0 Å². The van der Waals surface area contributed by atoms with E-state index in [1.807, 2.05) is 12.3 Å². The zero-order valence-corrected chi connectivity index (χ0v) is 9.95. The number of nitrogens with zero attached hydrogens (tertiary/aromatic N) is 4. The molecule has 2 N–H and O–H groups in total. The summed E-state index contributed by atoms with van der Waals surface area (Å²) in [6.07, 6.45) is 7.27. The van der Waals surface area contributed by atoms with E-state index < -0.39 is 5.97 Å². The summed E-state index contributed by atoms with van der Waals surface area (Å²) in [6.45, 7) is 0. The van der Waals surface area contributed by atoms with Crippen LogP contribution in [0.15, 0.2) is 31.1 Å². The average molecular weight is 257 g/mol. The van der Waals surface area contributed by atoms with Gasteiger partial charge in [0.2, 0.25) is 0 Å². The van der Waals surface area contributed by atoms with Crippen molar-refractivity contribution in [2.24, 2.45) is 0 Å². The lowest BCUT2D eigenvalue weighted by Gasteiger charge is -2.01. The number of aromatic amines is 1. The highest BCUT2D eigenvalue weighted by atomic mass is 16.4. The van der Waals surface area contributed by atoms with Crippen molar-refractivity contribution in [1.29, 1.82) is 0 Å². The maximum atomic E-state index is 10.6. The topological polar surface area (TPSA) is 96.7 Å². The van der Waals surface area contributed by atoms with Gasteiger partial charge in [-0.2, -0.15) is 0 Å². The van der Waals surface area contributed by atoms with Gasteiger partial charge in [-0.1, -0.05) is 0 Å². The summed E-state index contributed by atoms with van der Waals surface area (Å²) in [5, 5.41) is 17.2. The highest BCUT2D eigenvalue weighted by Gasteiger charge is 2.08. The minimum absolute atomic E-state index is 0.108. The van der Waals surface area contributed by atoms with Crippen LogP contribution in [0.5, 0.6) is 0 Å². The Kier molecular flexibility index (Phi) is 2.71. The molecule has 3 heterocycles. The fourth-order valence-corrected chi connectivity index (χ4v) is 1.98. The summed E-state index contributed by atoms with van der Waals surface area (Å²) >= 11 is 0. The molecule has 0 radical (unpaired) electrons. The molecule has 0 amide bonds. The molecular formula is C12H11N5O2. The van der Waals surface area contributed by atoms with Crippen LogP contribution < -0.4 is 0 Å². The minimum atomic E-state index is -0.803. The van der Waals surface area contributed by atoms with E-state index in [0.717, 1.165) is 16.5 Å². The summed E-state index contributed by atoms with van der Waals surface area (Å²) in [5.41, 5.74) is 1.85. The molecule has 3 aromatic heterocycles. The smallest absolute Gasteiger partial charge is 0.303 e. The lowest BCUT2D eigenvalue weighted by molar-refractivity contribution is -0.136. The molecule has 0 bridgehead atoms. The monoisotopic (exact) mass is 257 g/mol. The summed E-state index contributed by atoms with van der Waals surface area (Å²) in [5.74, 6) is -0.101. The Morgan fingerprint density at radius 1 is 1.37 bits per heavy atom. The first-order chi connectivity index (χ1) is 9.24. The van der Waals surface area contributed by atoms with Crippen molar-refractivity contribution < 1.29 is 9.90 Å². The summed E-state index contributed by atoms with van der Waals surface area (Å²) in [6, 6.07) is 1.90. The molecule has 7 nitrogen and oxygen atoms in total. The molecule has 3 rings (SSSR count). The third kappa shape index (κ3) is 2.17. The van der Waals surface area contributed by atoms with Crippen molar-refractivity contribution >= 4 is 16.9 Å². The largest absolute Gasteiger partial charge is 0.481 e. The lowest BCUT2D eigenvalue weighted by Crippen LogP contribution is -1.97. The Morgan fingerprint density at radius 2 is 2.16 bits per heavy atom. The van der Waals surface area contributed by atoms with Crippen molar-refractivity contribution in [3.05, 3.63) is 36.7 Å². The van der Waals surface area contributed by atoms with Gasteiger partial charge in [0.25, 0.3) is 0 Å². The SMILES string of the molecule is O=C(O)CCc1c[nH]c2cnc(-n3cnnc3)cc12. The highest BCUT2D eigenvalue weighted by molar-refractivity contribution is 5.84. The number of aryl methyl sites for hydroxylation is 1. The van der Waals surface area contributed by atoms with E-state index in [0.29, 0.717) is 12.2 Å². The number of carbonyl (C=O) groups is 1. The molecule has 96 valence electrons. The molecule has 0 saturated carbocycles. The van der Waals surface area contributed by atoms with Gasteiger partial charge in [0.15, 0.2) is 0 Å². The zero-order chi connectivity index (χ0) is 13.2. The van der Waals surface area contributed by atoms with Gasteiger partial charge in [-0.05, 0) is 18.1 Å². The van der Waals surface area contributed by atoms with E-state index >= 15 is 0 Å². The van der Waals surface area contributed by atoms with E-state index in [4.69, 9.17) is 5.11 Å². The molecule has 7 heteroatoms. The number of rotatable bonds is 4. The second kappa shape index (κ2) is 4.52. The average Bonchev–Trinajstić information content (AvgIpc) is 3.05. The maximum absolute atomic E-state index is 10.6. The van der Waals surface area contributed by atoms with Gasteiger partial charge in [0.05, 0.1) is 11.7 Å². The quantitative estimate of drug-likeness (QED) is 0.731. The Labute approximate surface area is 107 Å². The standard InChI is InChI=1S/C12H11N5O2/c18-12(19)2-1-8-4-13-10-5-14-11(3-9(8)10)17-6-15-16-7-17/h3-7,13H,1-2H2,(H,18,19). The Bertz CT molecular complexity index is 717. The second-order valence-corrected chi connectivity index (χ2v) is 4.16. The number of nitrogens with one attached hydrogen (secondary N) is 1. The fraction of sp³-hybridized carbons (Fsp3) is 0.167. The van der Waals surface area contributed by atoms with Crippen LogP contribution in [0.1, 0.15) is 12.0 Å². The van der Waals surface area contributed by atoms with Crippen molar-refractivity contribution in [2.45, 2.75) is 12.8 Å². The first-order valence-corrected chi connectivity index (χ1v) is 5.77.